The van der Waals surface area contributed by atoms with Crippen LogP contribution in [0, 0.1) is 29.1 Å². The molecule has 1 heterocycles. The summed E-state index contributed by atoms with van der Waals surface area (Å²) in [4.78, 5) is 25.5. The van der Waals surface area contributed by atoms with Crippen molar-refractivity contribution in [2.75, 3.05) is 0 Å². The molecule has 2 amide bonds. The van der Waals surface area contributed by atoms with Gasteiger partial charge in [0, 0.05) is 0 Å². The normalized spacial score (nSPS) is 34.8. The number of aromatic hydroxyl groups is 1. The number of benzene rings is 1. The van der Waals surface area contributed by atoms with E-state index in [1.54, 1.807) is 12.1 Å². The van der Waals surface area contributed by atoms with Gasteiger partial charge in [0.1, 0.15) is 5.75 Å². The lowest BCUT2D eigenvalue weighted by Crippen LogP contribution is -2.30. The molecule has 0 radical (unpaired) electrons. The SMILES string of the molecule is O=C1[C@@H]2[C@H](C(=O)N1/N=C\c1ccc(O)c(Br)c1)[C@H]1C=C[C@H]2C12CC2. The largest absolute Gasteiger partial charge is 0.507 e. The van der Waals surface area contributed by atoms with E-state index in [4.69, 9.17) is 0 Å². The van der Waals surface area contributed by atoms with Gasteiger partial charge in [-0.2, -0.15) is 10.1 Å². The van der Waals surface area contributed by atoms with Crippen LogP contribution in [0.3, 0.4) is 0 Å². The Bertz CT molecular complexity index is 809. The molecule has 0 aromatic heterocycles. The highest BCUT2D eigenvalue weighted by molar-refractivity contribution is 9.10. The molecule has 1 aliphatic heterocycles. The first-order valence-electron chi connectivity index (χ1n) is 8.11. The van der Waals surface area contributed by atoms with Crippen molar-refractivity contribution in [2.45, 2.75) is 12.8 Å². The summed E-state index contributed by atoms with van der Waals surface area (Å²) in [5.41, 5.74) is 0.912. The minimum atomic E-state index is -0.223. The van der Waals surface area contributed by atoms with E-state index in [0.717, 1.165) is 17.9 Å². The van der Waals surface area contributed by atoms with Gasteiger partial charge in [-0.3, -0.25) is 9.59 Å². The quantitative estimate of drug-likeness (QED) is 0.482. The summed E-state index contributed by atoms with van der Waals surface area (Å²) in [6.07, 6.45) is 8.05. The summed E-state index contributed by atoms with van der Waals surface area (Å²) < 4.78 is 0.542. The highest BCUT2D eigenvalue weighted by atomic mass is 79.9. The molecule has 5 nitrogen and oxygen atoms in total. The van der Waals surface area contributed by atoms with E-state index in [0.29, 0.717) is 10.0 Å². The number of amides is 2. The lowest BCUT2D eigenvalue weighted by molar-refractivity contribution is -0.141. The van der Waals surface area contributed by atoms with Crippen molar-refractivity contribution in [3.8, 4) is 5.75 Å². The summed E-state index contributed by atoms with van der Waals surface area (Å²) in [6.45, 7) is 0. The number of fused-ring (bicyclic) bond motifs is 3. The van der Waals surface area contributed by atoms with Crippen molar-refractivity contribution in [2.24, 2.45) is 34.2 Å². The van der Waals surface area contributed by atoms with Gasteiger partial charge in [0.15, 0.2) is 0 Å². The van der Waals surface area contributed by atoms with Gasteiger partial charge in [-0.15, -0.1) is 0 Å². The molecule has 1 aromatic carbocycles. The third-order valence-electron chi connectivity index (χ3n) is 6.12. The Kier molecular flexibility index (Phi) is 2.74. The molecule has 4 atom stereocenters. The van der Waals surface area contributed by atoms with Gasteiger partial charge in [0.25, 0.3) is 11.8 Å². The third kappa shape index (κ3) is 1.67. The summed E-state index contributed by atoms with van der Waals surface area (Å²) in [5, 5.41) is 14.7. The maximum absolute atomic E-state index is 12.8. The van der Waals surface area contributed by atoms with Gasteiger partial charge in [-0.05, 0) is 69.8 Å². The van der Waals surface area contributed by atoms with Gasteiger partial charge in [-0.25, -0.2) is 0 Å². The Balaban J connectivity index is 1.43. The predicted molar refractivity (Wildman–Crippen MR) is 90.0 cm³/mol. The van der Waals surface area contributed by atoms with E-state index in [1.807, 2.05) is 0 Å². The monoisotopic (exact) mass is 386 g/mol. The van der Waals surface area contributed by atoms with Crippen LogP contribution in [0.2, 0.25) is 0 Å². The molecule has 3 fully saturated rings. The second-order valence-corrected chi connectivity index (χ2v) is 8.02. The maximum atomic E-state index is 12.8. The van der Waals surface area contributed by atoms with Crippen LogP contribution in [0.1, 0.15) is 18.4 Å². The van der Waals surface area contributed by atoms with E-state index in [-0.39, 0.29) is 46.7 Å². The van der Waals surface area contributed by atoms with Gasteiger partial charge in [0.2, 0.25) is 0 Å². The molecular formula is C18H15BrN2O3. The molecule has 1 aromatic rings. The Morgan fingerprint density at radius 1 is 1.17 bits per heavy atom. The molecular weight excluding hydrogens is 372 g/mol. The van der Waals surface area contributed by atoms with Crippen LogP contribution in [0.15, 0.2) is 39.9 Å². The van der Waals surface area contributed by atoms with Gasteiger partial charge in [0.05, 0.1) is 22.5 Å². The van der Waals surface area contributed by atoms with Crippen LogP contribution in [-0.4, -0.2) is 28.1 Å². The molecule has 3 aliphatic carbocycles. The number of phenols is 1. The average Bonchev–Trinajstić information content (AvgIpc) is 3.16. The first kappa shape index (κ1) is 14.4. The second-order valence-electron chi connectivity index (χ2n) is 7.16. The van der Waals surface area contributed by atoms with Crippen molar-refractivity contribution >= 4 is 34.0 Å². The first-order valence-corrected chi connectivity index (χ1v) is 8.91. The van der Waals surface area contributed by atoms with E-state index in [9.17, 15) is 14.7 Å². The number of imide groups is 1. The van der Waals surface area contributed by atoms with Crippen molar-refractivity contribution in [1.82, 2.24) is 5.01 Å². The Labute approximate surface area is 147 Å². The topological polar surface area (TPSA) is 70.0 Å². The molecule has 2 saturated carbocycles. The van der Waals surface area contributed by atoms with Gasteiger partial charge in [-0.1, -0.05) is 12.2 Å². The zero-order valence-electron chi connectivity index (χ0n) is 12.7. The molecule has 24 heavy (non-hydrogen) atoms. The first-order chi connectivity index (χ1) is 11.5. The van der Waals surface area contributed by atoms with Crippen LogP contribution in [0.4, 0.5) is 0 Å². The lowest BCUT2D eigenvalue weighted by atomic mass is 9.85. The number of carbonyl (C=O) groups excluding carboxylic acids is 2. The van der Waals surface area contributed by atoms with Crippen molar-refractivity contribution < 1.29 is 14.7 Å². The van der Waals surface area contributed by atoms with E-state index in [1.165, 1.54) is 12.3 Å². The summed E-state index contributed by atoms with van der Waals surface area (Å²) in [7, 11) is 0. The number of phenolic OH excluding ortho intramolecular Hbond substituents is 1. The van der Waals surface area contributed by atoms with Gasteiger partial charge >= 0.3 is 0 Å². The highest BCUT2D eigenvalue weighted by Gasteiger charge is 2.73. The number of carbonyl (C=O) groups is 2. The Morgan fingerprint density at radius 2 is 1.79 bits per heavy atom. The summed E-state index contributed by atoms with van der Waals surface area (Å²) in [6, 6.07) is 4.91. The fourth-order valence-electron chi connectivity index (χ4n) is 4.90. The Morgan fingerprint density at radius 3 is 2.33 bits per heavy atom. The zero-order chi connectivity index (χ0) is 16.6. The number of hydrazone groups is 1. The molecule has 5 rings (SSSR count). The summed E-state index contributed by atoms with van der Waals surface area (Å²) >= 11 is 3.24. The molecule has 1 saturated heterocycles. The minimum absolute atomic E-state index is 0.132. The zero-order valence-corrected chi connectivity index (χ0v) is 14.3. The van der Waals surface area contributed by atoms with Crippen molar-refractivity contribution in [3.63, 3.8) is 0 Å². The second kappa shape index (κ2) is 4.57. The fourth-order valence-corrected chi connectivity index (χ4v) is 5.30. The number of nitrogens with zero attached hydrogens (tertiary/aromatic N) is 2. The molecule has 6 heteroatoms. The smallest absolute Gasteiger partial charge is 0.254 e. The van der Waals surface area contributed by atoms with E-state index < -0.39 is 0 Å². The molecule has 2 bridgehead atoms. The third-order valence-corrected chi connectivity index (χ3v) is 6.76. The predicted octanol–water partition coefficient (Wildman–Crippen LogP) is 2.69. The lowest BCUT2D eigenvalue weighted by Gasteiger charge is -2.18. The van der Waals surface area contributed by atoms with Crippen LogP contribution < -0.4 is 0 Å². The highest BCUT2D eigenvalue weighted by Crippen LogP contribution is 2.73. The molecule has 1 spiro atoms. The Hall–Kier alpha value is -1.95. The van der Waals surface area contributed by atoms with E-state index in [2.05, 4.69) is 33.2 Å². The van der Waals surface area contributed by atoms with Crippen LogP contribution >= 0.6 is 15.9 Å². The maximum Gasteiger partial charge on any atom is 0.254 e. The van der Waals surface area contributed by atoms with Crippen molar-refractivity contribution in [3.05, 3.63) is 40.4 Å². The fraction of sp³-hybridized carbons (Fsp3) is 0.389. The number of rotatable bonds is 2. The number of hydrogen-bond donors (Lipinski definition) is 1. The average molecular weight is 387 g/mol. The minimum Gasteiger partial charge on any atom is -0.507 e. The molecule has 0 unspecified atom stereocenters. The molecule has 4 aliphatic rings. The molecule has 1 N–H and O–H groups in total. The van der Waals surface area contributed by atoms with E-state index >= 15 is 0 Å². The van der Waals surface area contributed by atoms with Crippen molar-refractivity contribution in [1.29, 1.82) is 0 Å². The van der Waals surface area contributed by atoms with Gasteiger partial charge < -0.3 is 5.11 Å². The van der Waals surface area contributed by atoms with Crippen LogP contribution in [0.5, 0.6) is 5.75 Å². The standard InChI is InChI=1S/C18H15BrN2O3/c19-12-7-9(1-4-13(12)22)8-20-21-16(23)14-10-2-3-11(15(14)17(21)24)18(10)5-6-18/h1-4,7-8,10-11,14-15,22H,5-6H2/b20-8-/t10-,11-,14-,15+/m1/s1. The van der Waals surface area contributed by atoms with Crippen LogP contribution in [-0.2, 0) is 9.59 Å². The van der Waals surface area contributed by atoms with Crippen LogP contribution in [0.25, 0.3) is 0 Å². The number of halogens is 1. The number of hydrogen-bond acceptors (Lipinski definition) is 4. The molecule has 122 valence electrons. The summed E-state index contributed by atoms with van der Waals surface area (Å²) in [5.74, 6) is -0.215. The number of allylic oxidation sites excluding steroid dienone is 2.